The lowest BCUT2D eigenvalue weighted by atomic mass is 10.1. The molecule has 0 aliphatic heterocycles. The minimum absolute atomic E-state index is 0.0262. The number of benzene rings is 1. The fraction of sp³-hybridized carbons (Fsp3) is 0.391. The Morgan fingerprint density at radius 3 is 2.72 bits per heavy atom. The summed E-state index contributed by atoms with van der Waals surface area (Å²) in [6.45, 7) is 5.29. The standard InChI is InChI=1S/C23H24ClFN4O3/c1-23(2,3)32-22(31)27-17(11-13-6-7-13)20-28-19-16(25)9-8-15(24)18(19)21(30)29(20)14-5-4-10-26-12-14/h4-5,8-10,12-13,17H,6-7,11H2,1-3H3,(H,27,31)/t17-/m0/s1. The van der Waals surface area contributed by atoms with Crippen LogP contribution in [0.3, 0.4) is 0 Å². The number of alkyl carbamates (subject to hydrolysis) is 1. The molecule has 0 unspecified atom stereocenters. The number of carbonyl (C=O) groups is 1. The number of rotatable bonds is 5. The smallest absolute Gasteiger partial charge is 0.408 e. The van der Waals surface area contributed by atoms with Crippen molar-refractivity contribution in [3.8, 4) is 5.69 Å². The monoisotopic (exact) mass is 458 g/mol. The molecule has 1 aromatic carbocycles. The Morgan fingerprint density at radius 2 is 2.09 bits per heavy atom. The zero-order valence-electron chi connectivity index (χ0n) is 18.1. The van der Waals surface area contributed by atoms with Gasteiger partial charge in [0.2, 0.25) is 0 Å². The maximum atomic E-state index is 14.7. The van der Waals surface area contributed by atoms with Crippen molar-refractivity contribution in [2.75, 3.05) is 0 Å². The molecule has 0 bridgehead atoms. The van der Waals surface area contributed by atoms with Crippen LogP contribution >= 0.6 is 11.6 Å². The number of hydrogen-bond donors (Lipinski definition) is 1. The fourth-order valence-electron chi connectivity index (χ4n) is 3.57. The van der Waals surface area contributed by atoms with Crippen LogP contribution in [0.2, 0.25) is 5.02 Å². The van der Waals surface area contributed by atoms with Gasteiger partial charge in [-0.05, 0) is 57.4 Å². The van der Waals surface area contributed by atoms with Gasteiger partial charge in [-0.15, -0.1) is 0 Å². The number of fused-ring (bicyclic) bond motifs is 1. The number of nitrogens with one attached hydrogen (secondary N) is 1. The average molecular weight is 459 g/mol. The molecule has 0 radical (unpaired) electrons. The highest BCUT2D eigenvalue weighted by Crippen LogP contribution is 2.38. The SMILES string of the molecule is CC(C)(C)OC(=O)N[C@@H](CC1CC1)c1nc2c(F)ccc(Cl)c2c(=O)n1-c1cccnc1. The van der Waals surface area contributed by atoms with Crippen molar-refractivity contribution in [3.63, 3.8) is 0 Å². The van der Waals surface area contributed by atoms with Crippen LogP contribution in [0.1, 0.15) is 51.9 Å². The van der Waals surface area contributed by atoms with Gasteiger partial charge in [0.25, 0.3) is 5.56 Å². The van der Waals surface area contributed by atoms with Crippen molar-refractivity contribution in [1.29, 1.82) is 0 Å². The molecule has 1 aliphatic carbocycles. The fourth-order valence-corrected chi connectivity index (χ4v) is 3.80. The third-order valence-electron chi connectivity index (χ3n) is 5.12. The average Bonchev–Trinajstić information content (AvgIpc) is 3.53. The Labute approximate surface area is 189 Å². The van der Waals surface area contributed by atoms with Gasteiger partial charge in [-0.1, -0.05) is 24.4 Å². The van der Waals surface area contributed by atoms with Crippen LogP contribution in [0.5, 0.6) is 0 Å². The van der Waals surface area contributed by atoms with Crippen LogP contribution in [0.4, 0.5) is 9.18 Å². The first-order valence-electron chi connectivity index (χ1n) is 10.4. The Hall–Kier alpha value is -3.00. The molecule has 3 aromatic rings. The van der Waals surface area contributed by atoms with Gasteiger partial charge in [0.15, 0.2) is 0 Å². The summed E-state index contributed by atoms with van der Waals surface area (Å²) in [5, 5.41) is 2.91. The van der Waals surface area contributed by atoms with E-state index in [0.717, 1.165) is 12.8 Å². The van der Waals surface area contributed by atoms with Crippen molar-refractivity contribution in [1.82, 2.24) is 19.9 Å². The zero-order chi connectivity index (χ0) is 23.0. The first-order valence-corrected chi connectivity index (χ1v) is 10.8. The molecule has 1 amide bonds. The molecule has 1 fully saturated rings. The molecule has 0 spiro atoms. The summed E-state index contributed by atoms with van der Waals surface area (Å²) >= 11 is 6.25. The minimum Gasteiger partial charge on any atom is -0.444 e. The predicted octanol–water partition coefficient (Wildman–Crippen LogP) is 4.94. The summed E-state index contributed by atoms with van der Waals surface area (Å²) in [5.41, 5.74) is -0.930. The van der Waals surface area contributed by atoms with Gasteiger partial charge >= 0.3 is 6.09 Å². The summed E-state index contributed by atoms with van der Waals surface area (Å²) < 4.78 is 21.5. The van der Waals surface area contributed by atoms with Gasteiger partial charge in [-0.3, -0.25) is 14.3 Å². The quantitative estimate of drug-likeness (QED) is 0.585. The third kappa shape index (κ3) is 4.75. The van der Waals surface area contributed by atoms with Crippen molar-refractivity contribution >= 4 is 28.6 Å². The number of carbonyl (C=O) groups excluding carboxylic acids is 1. The van der Waals surface area contributed by atoms with Crippen LogP contribution < -0.4 is 10.9 Å². The van der Waals surface area contributed by atoms with Crippen LogP contribution in [-0.2, 0) is 4.74 Å². The highest BCUT2D eigenvalue weighted by molar-refractivity contribution is 6.35. The first kappa shape index (κ1) is 22.2. The molecule has 7 nitrogen and oxygen atoms in total. The van der Waals surface area contributed by atoms with E-state index in [-0.39, 0.29) is 21.7 Å². The van der Waals surface area contributed by atoms with Crippen LogP contribution in [0, 0.1) is 11.7 Å². The highest BCUT2D eigenvalue weighted by atomic mass is 35.5. The molecule has 1 saturated carbocycles. The van der Waals surface area contributed by atoms with Crippen molar-refractivity contribution < 1.29 is 13.9 Å². The van der Waals surface area contributed by atoms with Gasteiger partial charge in [-0.25, -0.2) is 14.2 Å². The van der Waals surface area contributed by atoms with Crippen LogP contribution in [0.25, 0.3) is 16.6 Å². The lowest BCUT2D eigenvalue weighted by molar-refractivity contribution is 0.0496. The van der Waals surface area contributed by atoms with Gasteiger partial charge in [0, 0.05) is 6.20 Å². The van der Waals surface area contributed by atoms with Gasteiger partial charge < -0.3 is 10.1 Å². The van der Waals surface area contributed by atoms with E-state index >= 15 is 0 Å². The number of pyridine rings is 1. The molecule has 1 aliphatic rings. The Kier molecular flexibility index (Phi) is 5.90. The normalized spacial score (nSPS) is 14.9. The zero-order valence-corrected chi connectivity index (χ0v) is 18.8. The number of nitrogens with zero attached hydrogens (tertiary/aromatic N) is 3. The van der Waals surface area contributed by atoms with Gasteiger partial charge in [-0.2, -0.15) is 0 Å². The molecule has 168 valence electrons. The van der Waals surface area contributed by atoms with Gasteiger partial charge in [0.1, 0.15) is 22.8 Å². The second-order valence-electron chi connectivity index (χ2n) is 8.95. The molecule has 4 rings (SSSR count). The van der Waals surface area contributed by atoms with E-state index in [4.69, 9.17) is 16.3 Å². The van der Waals surface area contributed by atoms with E-state index in [1.54, 1.807) is 39.1 Å². The molecule has 2 aromatic heterocycles. The predicted molar refractivity (Wildman–Crippen MR) is 120 cm³/mol. The molecule has 2 heterocycles. The van der Waals surface area contributed by atoms with E-state index in [0.29, 0.717) is 18.0 Å². The lowest BCUT2D eigenvalue weighted by Crippen LogP contribution is -2.38. The largest absolute Gasteiger partial charge is 0.444 e. The second-order valence-corrected chi connectivity index (χ2v) is 9.36. The Balaban J connectivity index is 1.92. The molecular formula is C23H24ClFN4O3. The molecular weight excluding hydrogens is 435 g/mol. The van der Waals surface area contributed by atoms with E-state index in [2.05, 4.69) is 15.3 Å². The number of aromatic nitrogens is 3. The third-order valence-corrected chi connectivity index (χ3v) is 5.44. The number of amides is 1. The molecule has 0 saturated heterocycles. The summed E-state index contributed by atoms with van der Waals surface area (Å²) in [4.78, 5) is 34.8. The van der Waals surface area contributed by atoms with Crippen molar-refractivity contribution in [2.45, 2.75) is 51.7 Å². The summed E-state index contributed by atoms with van der Waals surface area (Å²) in [6.07, 6.45) is 5.01. The van der Waals surface area contributed by atoms with E-state index in [9.17, 15) is 14.0 Å². The molecule has 1 atom stereocenters. The number of halogens is 2. The minimum atomic E-state index is -0.701. The lowest BCUT2D eigenvalue weighted by Gasteiger charge is -2.25. The van der Waals surface area contributed by atoms with Gasteiger partial charge in [0.05, 0.1) is 28.3 Å². The maximum absolute atomic E-state index is 14.7. The molecule has 1 N–H and O–H groups in total. The number of hydrogen-bond acceptors (Lipinski definition) is 5. The van der Waals surface area contributed by atoms with Crippen LogP contribution in [-0.4, -0.2) is 26.2 Å². The topological polar surface area (TPSA) is 86.1 Å². The summed E-state index contributed by atoms with van der Waals surface area (Å²) in [5.74, 6) is -0.0907. The Bertz CT molecular complexity index is 1220. The first-order chi connectivity index (χ1) is 15.1. The maximum Gasteiger partial charge on any atom is 0.408 e. The summed E-state index contributed by atoms with van der Waals surface area (Å²) in [6, 6.07) is 5.20. The summed E-state index contributed by atoms with van der Waals surface area (Å²) in [7, 11) is 0. The highest BCUT2D eigenvalue weighted by Gasteiger charge is 2.32. The van der Waals surface area contributed by atoms with Crippen molar-refractivity contribution in [3.05, 3.63) is 63.7 Å². The van der Waals surface area contributed by atoms with Crippen LogP contribution in [0.15, 0.2) is 41.5 Å². The molecule has 9 heteroatoms. The van der Waals surface area contributed by atoms with E-state index in [1.807, 2.05) is 0 Å². The molecule has 32 heavy (non-hydrogen) atoms. The van der Waals surface area contributed by atoms with E-state index < -0.39 is 29.1 Å². The number of ether oxygens (including phenoxy) is 1. The second kappa shape index (κ2) is 8.50. The Morgan fingerprint density at radius 1 is 1.34 bits per heavy atom. The van der Waals surface area contributed by atoms with Crippen molar-refractivity contribution in [2.24, 2.45) is 5.92 Å². The van der Waals surface area contributed by atoms with E-state index in [1.165, 1.54) is 22.9 Å².